The molecule has 0 radical (unpaired) electrons. The second-order valence-corrected chi connectivity index (χ2v) is 38.2. The molecule has 0 aromatic carbocycles. The molecular formula is C112H224O10. The van der Waals surface area contributed by atoms with Gasteiger partial charge in [0.1, 0.15) is 0 Å². The fourth-order valence-corrected chi connectivity index (χ4v) is 17.1. The van der Waals surface area contributed by atoms with Crippen LogP contribution in [0.1, 0.15) is 690 Å². The molecule has 0 amide bonds. The molecule has 0 saturated carbocycles. The number of hydrogen-bond donors (Lipinski definition) is 5. The maximum Gasteiger partial charge on any atom is 0.303 e. The van der Waals surface area contributed by atoms with E-state index in [1.54, 1.807) is 0 Å². The highest BCUT2D eigenvalue weighted by atomic mass is 16.4. The molecule has 0 spiro atoms. The van der Waals surface area contributed by atoms with E-state index >= 15 is 0 Å². The van der Waals surface area contributed by atoms with Crippen molar-refractivity contribution in [3.8, 4) is 0 Å². The summed E-state index contributed by atoms with van der Waals surface area (Å²) in [7, 11) is 0. The second kappa shape index (κ2) is 125. The fraction of sp³-hybridized carbons (Fsp3) is 0.955. The molecule has 0 aliphatic rings. The van der Waals surface area contributed by atoms with Crippen LogP contribution < -0.4 is 0 Å². The Bertz CT molecular complexity index is 1680. The summed E-state index contributed by atoms with van der Waals surface area (Å²) in [6.07, 6.45) is 133. The summed E-state index contributed by atoms with van der Waals surface area (Å²) < 4.78 is 0. The maximum absolute atomic E-state index is 10.4. The molecule has 0 rings (SSSR count). The highest BCUT2D eigenvalue weighted by Gasteiger charge is 2.06. The lowest BCUT2D eigenvalue weighted by Crippen LogP contribution is -1.93. The normalized spacial score (nSPS) is 11.1. The van der Waals surface area contributed by atoms with Crippen LogP contribution >= 0.6 is 0 Å². The molecule has 0 aromatic rings. The van der Waals surface area contributed by atoms with Crippen LogP contribution in [0.4, 0.5) is 0 Å². The second-order valence-electron chi connectivity index (χ2n) is 38.2. The van der Waals surface area contributed by atoms with Crippen molar-refractivity contribution in [1.29, 1.82) is 0 Å². The van der Waals surface area contributed by atoms with Gasteiger partial charge in [-0.1, -0.05) is 625 Å². The quantitative estimate of drug-likeness (QED) is 0.0367. The highest BCUT2D eigenvalue weighted by Crippen LogP contribution is 2.23. The largest absolute Gasteiger partial charge is 0.481 e. The minimum atomic E-state index is -0.651. The van der Waals surface area contributed by atoms with Crippen molar-refractivity contribution in [3.63, 3.8) is 0 Å². The molecule has 0 saturated heterocycles. The zero-order chi connectivity index (χ0) is 90.0. The number of hydrogen-bond acceptors (Lipinski definition) is 5. The fourth-order valence-electron chi connectivity index (χ4n) is 17.1. The van der Waals surface area contributed by atoms with Gasteiger partial charge in [0.25, 0.3) is 0 Å². The molecule has 5 N–H and O–H groups in total. The van der Waals surface area contributed by atoms with Crippen LogP contribution in [0.5, 0.6) is 0 Å². The van der Waals surface area contributed by atoms with Crippen molar-refractivity contribution in [3.05, 3.63) is 0 Å². The lowest BCUT2D eigenvalue weighted by molar-refractivity contribution is -0.138. The van der Waals surface area contributed by atoms with Crippen LogP contribution in [0.15, 0.2) is 0 Å². The number of carbonyl (C=O) groups is 5. The molecule has 0 atom stereocenters. The third kappa shape index (κ3) is 146. The van der Waals surface area contributed by atoms with E-state index in [0.29, 0.717) is 32.1 Å². The lowest BCUT2D eigenvalue weighted by Gasteiger charge is -2.04. The molecule has 10 heteroatoms. The monoisotopic (exact) mass is 1730 g/mol. The van der Waals surface area contributed by atoms with Crippen molar-refractivity contribution >= 4 is 29.8 Å². The molecule has 0 aliphatic heterocycles. The van der Waals surface area contributed by atoms with Crippen LogP contribution in [0.25, 0.3) is 0 Å². The zero-order valence-electron chi connectivity index (χ0n) is 83.9. The third-order valence-corrected chi connectivity index (χ3v) is 25.5. The van der Waals surface area contributed by atoms with Crippen molar-refractivity contribution in [2.75, 3.05) is 0 Å². The minimum Gasteiger partial charge on any atom is -0.481 e. The first-order valence-corrected chi connectivity index (χ1v) is 55.9. The molecule has 10 nitrogen and oxygen atoms in total. The molecule has 122 heavy (non-hydrogen) atoms. The van der Waals surface area contributed by atoms with Gasteiger partial charge in [0.2, 0.25) is 0 Å². The van der Waals surface area contributed by atoms with E-state index in [2.05, 4.69) is 34.6 Å². The number of aliphatic carboxylic acids is 5. The summed E-state index contributed by atoms with van der Waals surface area (Å²) in [6, 6.07) is 0. The number of carboxylic acids is 5. The van der Waals surface area contributed by atoms with Gasteiger partial charge >= 0.3 is 29.8 Å². The van der Waals surface area contributed by atoms with Crippen molar-refractivity contribution < 1.29 is 49.5 Å². The first-order chi connectivity index (χ1) is 59.9. The molecule has 0 heterocycles. The first kappa shape index (κ1) is 128. The molecule has 0 bridgehead atoms. The van der Waals surface area contributed by atoms with E-state index in [9.17, 15) is 24.0 Å². The van der Waals surface area contributed by atoms with Crippen LogP contribution in [0, 0.1) is 0 Å². The van der Waals surface area contributed by atoms with Gasteiger partial charge in [0.15, 0.2) is 0 Å². The Morgan fingerprint density at radius 3 is 0.197 bits per heavy atom. The summed E-state index contributed by atoms with van der Waals surface area (Å²) in [4.78, 5) is 51.9. The molecular weight excluding hydrogens is 1510 g/mol. The lowest BCUT2D eigenvalue weighted by atomic mass is 10.0. The third-order valence-electron chi connectivity index (χ3n) is 25.5. The van der Waals surface area contributed by atoms with E-state index in [0.717, 1.165) is 64.2 Å². The summed E-state index contributed by atoms with van der Waals surface area (Å²) in [6.45, 7) is 11.4. The van der Waals surface area contributed by atoms with Crippen molar-refractivity contribution in [2.24, 2.45) is 0 Å². The summed E-state index contributed by atoms with van der Waals surface area (Å²) >= 11 is 0. The van der Waals surface area contributed by atoms with E-state index in [1.807, 2.05) is 0 Å². The van der Waals surface area contributed by atoms with Gasteiger partial charge in [-0.15, -0.1) is 0 Å². The Hall–Kier alpha value is -2.65. The standard InChI is InChI=1S/C24H48O2.4C22H44O2/c1-2-3-4-5-6-7-8-9-10-11-12-13-14-15-16-17-18-19-20-21-22-23-24(25)26;4*1-2-3-4-5-6-7-8-9-10-11-12-13-14-15-16-17-18-19-20-21-22(23)24/h2-23H2,1H3,(H,25,26);4*2-21H2,1H3,(H,23,24). The zero-order valence-corrected chi connectivity index (χ0v) is 83.9. The van der Waals surface area contributed by atoms with Crippen molar-refractivity contribution in [2.45, 2.75) is 690 Å². The molecule has 0 aliphatic carbocycles. The smallest absolute Gasteiger partial charge is 0.303 e. The van der Waals surface area contributed by atoms with E-state index in [1.165, 1.54) is 559 Å². The average molecular weight is 1730 g/mol. The molecule has 0 fully saturated rings. The minimum absolute atomic E-state index is 0.346. The van der Waals surface area contributed by atoms with Crippen LogP contribution in [0.2, 0.25) is 0 Å². The van der Waals surface area contributed by atoms with Crippen LogP contribution in [-0.2, 0) is 24.0 Å². The van der Waals surface area contributed by atoms with Crippen molar-refractivity contribution in [1.82, 2.24) is 0 Å². The topological polar surface area (TPSA) is 186 Å². The Morgan fingerprint density at radius 2 is 0.148 bits per heavy atom. The highest BCUT2D eigenvalue weighted by molar-refractivity contribution is 5.67. The molecule has 0 unspecified atom stereocenters. The predicted molar refractivity (Wildman–Crippen MR) is 537 cm³/mol. The van der Waals surface area contributed by atoms with Gasteiger partial charge in [0, 0.05) is 32.1 Å². The average Bonchev–Trinajstić information content (AvgIpc) is 1.20. The number of unbranched alkanes of at least 4 members (excludes halogenated alkanes) is 92. The van der Waals surface area contributed by atoms with Crippen LogP contribution in [0.3, 0.4) is 0 Å². The van der Waals surface area contributed by atoms with E-state index < -0.39 is 29.8 Å². The number of carboxylic acid groups (broad SMARTS) is 5. The van der Waals surface area contributed by atoms with Gasteiger partial charge in [0.05, 0.1) is 0 Å². The van der Waals surface area contributed by atoms with E-state index in [4.69, 9.17) is 25.5 Å². The maximum atomic E-state index is 10.4. The Balaban J connectivity index is -0.000000468. The van der Waals surface area contributed by atoms with Gasteiger partial charge in [-0.05, 0) is 32.1 Å². The summed E-state index contributed by atoms with van der Waals surface area (Å²) in [5, 5.41) is 42.8. The van der Waals surface area contributed by atoms with E-state index in [-0.39, 0.29) is 0 Å². The Kier molecular flexibility index (Phi) is 131. The Morgan fingerprint density at radius 1 is 0.0984 bits per heavy atom. The van der Waals surface area contributed by atoms with Crippen LogP contribution in [-0.4, -0.2) is 55.4 Å². The van der Waals surface area contributed by atoms with Gasteiger partial charge < -0.3 is 25.5 Å². The first-order valence-electron chi connectivity index (χ1n) is 55.9. The summed E-state index contributed by atoms with van der Waals surface area (Å²) in [5.41, 5.74) is 0. The molecule has 732 valence electrons. The van der Waals surface area contributed by atoms with Gasteiger partial charge in [-0.2, -0.15) is 0 Å². The van der Waals surface area contributed by atoms with Gasteiger partial charge in [-0.25, -0.2) is 0 Å². The molecule has 0 aromatic heterocycles. The number of rotatable bonds is 102. The Labute approximate surface area is 764 Å². The summed E-state index contributed by atoms with van der Waals surface area (Å²) in [5.74, 6) is -3.25. The SMILES string of the molecule is CCCCCCCCCCCCCCCCCCCCCC(=O)O.CCCCCCCCCCCCCCCCCCCCCC(=O)O.CCCCCCCCCCCCCCCCCCCCCC(=O)O.CCCCCCCCCCCCCCCCCCCCCC(=O)O.CCCCCCCCCCCCCCCCCCCCCCCC(=O)O. The predicted octanol–water partition coefficient (Wildman–Crippen LogP) is 40.2. The van der Waals surface area contributed by atoms with Gasteiger partial charge in [-0.3, -0.25) is 24.0 Å².